The van der Waals surface area contributed by atoms with Crippen molar-refractivity contribution < 1.29 is 17.7 Å². The van der Waals surface area contributed by atoms with Crippen LogP contribution in [0.15, 0.2) is 71.3 Å². The summed E-state index contributed by atoms with van der Waals surface area (Å²) in [5.41, 5.74) is 8.21. The lowest BCUT2D eigenvalue weighted by Gasteiger charge is -2.14. The minimum Gasteiger partial charge on any atom is -0.329 e. The summed E-state index contributed by atoms with van der Waals surface area (Å²) < 4.78 is 46.0. The van der Waals surface area contributed by atoms with Crippen molar-refractivity contribution in [2.45, 2.75) is 45.3 Å². The van der Waals surface area contributed by atoms with Gasteiger partial charge in [0.25, 0.3) is 0 Å². The Kier molecular flexibility index (Phi) is 6.10. The molecule has 0 saturated carbocycles. The molecule has 2 aromatic heterocycles. The number of aromatic nitrogens is 4. The van der Waals surface area contributed by atoms with Gasteiger partial charge in [0.2, 0.25) is 0 Å². The topological polar surface area (TPSA) is 56.7 Å². The third-order valence-electron chi connectivity index (χ3n) is 6.94. The Labute approximate surface area is 217 Å². The number of nitrogens with zero attached hydrogens (tertiary/aromatic N) is 4. The van der Waals surface area contributed by atoms with Gasteiger partial charge >= 0.3 is 12.1 Å². The molecule has 2 heterocycles. The maximum atomic E-state index is 13.1. The molecule has 8 heteroatoms. The number of benzene rings is 3. The molecule has 3 aromatic carbocycles. The molecule has 1 aliphatic rings. The van der Waals surface area contributed by atoms with E-state index in [0.29, 0.717) is 6.54 Å². The van der Waals surface area contributed by atoms with Gasteiger partial charge in [-0.3, -0.25) is 0 Å². The molecule has 0 N–H and O–H groups in total. The van der Waals surface area contributed by atoms with Crippen molar-refractivity contribution in [3.63, 3.8) is 0 Å². The summed E-state index contributed by atoms with van der Waals surface area (Å²) in [7, 11) is 0. The minimum atomic E-state index is -4.69. The molecule has 0 bridgehead atoms. The molecule has 0 aliphatic heterocycles. The summed E-state index contributed by atoms with van der Waals surface area (Å²) in [6.45, 7) is 2.84. The zero-order valence-electron chi connectivity index (χ0n) is 20.8. The van der Waals surface area contributed by atoms with Crippen molar-refractivity contribution in [3.05, 3.63) is 112 Å². The quantitative estimate of drug-likeness (QED) is 0.250. The number of para-hydroxylation sites is 2. The lowest BCUT2D eigenvalue weighted by molar-refractivity contribution is -0.159. The van der Waals surface area contributed by atoms with Crippen LogP contribution in [-0.4, -0.2) is 19.7 Å². The van der Waals surface area contributed by atoms with E-state index in [2.05, 4.69) is 56.5 Å². The van der Waals surface area contributed by atoms with Gasteiger partial charge in [-0.15, -0.1) is 0 Å². The van der Waals surface area contributed by atoms with E-state index in [0.717, 1.165) is 75.9 Å². The summed E-state index contributed by atoms with van der Waals surface area (Å²) in [4.78, 5) is 8.44. The first kappa shape index (κ1) is 24.2. The molecule has 5 aromatic rings. The Morgan fingerprint density at radius 3 is 2.50 bits per heavy atom. The van der Waals surface area contributed by atoms with E-state index in [9.17, 15) is 13.2 Å². The highest BCUT2D eigenvalue weighted by Crippen LogP contribution is 2.36. The van der Waals surface area contributed by atoms with E-state index in [1.807, 2.05) is 36.4 Å². The molecule has 0 radical (unpaired) electrons. The molecule has 0 spiro atoms. The fourth-order valence-electron chi connectivity index (χ4n) is 5.22. The largest absolute Gasteiger partial charge is 0.471 e. The van der Waals surface area contributed by atoms with Gasteiger partial charge in [-0.1, -0.05) is 66.7 Å². The van der Waals surface area contributed by atoms with Crippen LogP contribution in [0.3, 0.4) is 0 Å². The highest BCUT2D eigenvalue weighted by atomic mass is 19.4. The van der Waals surface area contributed by atoms with E-state index in [1.165, 1.54) is 0 Å². The number of rotatable bonds is 5. The normalized spacial score (nSPS) is 14.5. The zero-order chi connectivity index (χ0) is 26.3. The number of alkyl halides is 3. The summed E-state index contributed by atoms with van der Waals surface area (Å²) >= 11 is 0. The number of imidazole rings is 1. The number of hydrogen-bond donors (Lipinski definition) is 0. The highest BCUT2D eigenvalue weighted by Gasteiger charge is 2.38. The number of aryl methyl sites for hydroxylation is 3. The first-order chi connectivity index (χ1) is 18.4. The second-order valence-electron chi connectivity index (χ2n) is 9.52. The van der Waals surface area contributed by atoms with Crippen LogP contribution in [0.2, 0.25) is 0 Å². The van der Waals surface area contributed by atoms with Crippen LogP contribution in [0.4, 0.5) is 13.2 Å². The number of hydrogen-bond acceptors (Lipinski definition) is 4. The SMILES string of the molecule is CCCc1nc2ccccc2n1Cc1ccc2c(c1)CCc1ccccc1C2=Cc1noc(C(F)(F)F)n1. The van der Waals surface area contributed by atoms with Crippen LogP contribution in [0, 0.1) is 0 Å². The molecule has 0 saturated heterocycles. The smallest absolute Gasteiger partial charge is 0.329 e. The van der Waals surface area contributed by atoms with E-state index in [1.54, 1.807) is 6.08 Å². The van der Waals surface area contributed by atoms with Crippen LogP contribution in [0.25, 0.3) is 22.7 Å². The van der Waals surface area contributed by atoms with Crippen LogP contribution in [0.1, 0.15) is 58.7 Å². The monoisotopic (exact) mass is 514 g/mol. The Hall–Kier alpha value is -4.20. The Morgan fingerprint density at radius 1 is 0.921 bits per heavy atom. The molecule has 5 nitrogen and oxygen atoms in total. The molecule has 1 aliphatic carbocycles. The Balaban J connectivity index is 1.43. The fraction of sp³-hybridized carbons (Fsp3) is 0.233. The van der Waals surface area contributed by atoms with Gasteiger partial charge in [-0.2, -0.15) is 18.2 Å². The van der Waals surface area contributed by atoms with Crippen molar-refractivity contribution in [1.29, 1.82) is 0 Å². The van der Waals surface area contributed by atoms with E-state index >= 15 is 0 Å². The van der Waals surface area contributed by atoms with Crippen molar-refractivity contribution in [2.24, 2.45) is 0 Å². The Bertz CT molecular complexity index is 1660. The number of fused-ring (bicyclic) bond motifs is 3. The average molecular weight is 515 g/mol. The molecule has 6 rings (SSSR count). The third kappa shape index (κ3) is 4.51. The predicted molar refractivity (Wildman–Crippen MR) is 139 cm³/mol. The van der Waals surface area contributed by atoms with E-state index in [4.69, 9.17) is 4.98 Å². The average Bonchev–Trinajstić information content (AvgIpc) is 3.48. The van der Waals surface area contributed by atoms with Crippen molar-refractivity contribution in [1.82, 2.24) is 19.7 Å². The maximum Gasteiger partial charge on any atom is 0.471 e. The van der Waals surface area contributed by atoms with Gasteiger partial charge in [0.1, 0.15) is 5.82 Å². The van der Waals surface area contributed by atoms with Crippen molar-refractivity contribution in [3.8, 4) is 0 Å². The summed E-state index contributed by atoms with van der Waals surface area (Å²) in [6.07, 6.45) is 0.428. The minimum absolute atomic E-state index is 0.104. The van der Waals surface area contributed by atoms with Crippen LogP contribution < -0.4 is 0 Å². The van der Waals surface area contributed by atoms with Gasteiger partial charge in [-0.25, -0.2) is 4.98 Å². The molecule has 0 fully saturated rings. The first-order valence-electron chi connectivity index (χ1n) is 12.7. The maximum absolute atomic E-state index is 13.1. The second kappa shape index (κ2) is 9.59. The lowest BCUT2D eigenvalue weighted by atomic mass is 9.92. The van der Waals surface area contributed by atoms with Crippen LogP contribution in [0.5, 0.6) is 0 Å². The molecule has 0 amide bonds. The lowest BCUT2D eigenvalue weighted by Crippen LogP contribution is -2.06. The van der Waals surface area contributed by atoms with Crippen molar-refractivity contribution in [2.75, 3.05) is 0 Å². The highest BCUT2D eigenvalue weighted by molar-refractivity contribution is 5.93. The van der Waals surface area contributed by atoms with Crippen LogP contribution in [-0.2, 0) is 32.0 Å². The van der Waals surface area contributed by atoms with Crippen LogP contribution >= 0.6 is 0 Å². The number of halogens is 3. The van der Waals surface area contributed by atoms with E-state index < -0.39 is 12.1 Å². The third-order valence-corrected chi connectivity index (χ3v) is 6.94. The van der Waals surface area contributed by atoms with Gasteiger partial charge in [0.15, 0.2) is 5.82 Å². The van der Waals surface area contributed by atoms with Gasteiger partial charge in [-0.05, 0) is 70.9 Å². The second-order valence-corrected chi connectivity index (χ2v) is 9.52. The molecule has 0 atom stereocenters. The van der Waals surface area contributed by atoms with E-state index in [-0.39, 0.29) is 5.82 Å². The standard InChI is InChI=1S/C30H25F3N4O/c1-2-7-28-34-25-10-5-6-11-26(25)37(28)18-19-12-15-23-21(16-19)14-13-20-8-3-4-9-22(20)24(23)17-27-35-29(38-36-27)30(31,32)33/h3-6,8-12,15-17H,2,7,13-14,18H2,1H3. The van der Waals surface area contributed by atoms with Gasteiger partial charge in [0.05, 0.1) is 11.0 Å². The molecular formula is C30H25F3N4O. The summed E-state index contributed by atoms with van der Waals surface area (Å²) in [5.74, 6) is -0.389. The van der Waals surface area contributed by atoms with Gasteiger partial charge in [0, 0.05) is 13.0 Å². The van der Waals surface area contributed by atoms with Crippen molar-refractivity contribution >= 4 is 22.7 Å². The fourth-order valence-corrected chi connectivity index (χ4v) is 5.22. The Morgan fingerprint density at radius 2 is 1.68 bits per heavy atom. The summed E-state index contributed by atoms with van der Waals surface area (Å²) in [6, 6.07) is 22.5. The van der Waals surface area contributed by atoms with Gasteiger partial charge < -0.3 is 9.09 Å². The summed E-state index contributed by atoms with van der Waals surface area (Å²) in [5, 5.41) is 3.58. The molecule has 0 unspecified atom stereocenters. The molecule has 192 valence electrons. The molecular weight excluding hydrogens is 489 g/mol. The zero-order valence-corrected chi connectivity index (χ0v) is 20.8. The molecule has 38 heavy (non-hydrogen) atoms. The first-order valence-corrected chi connectivity index (χ1v) is 12.7. The predicted octanol–water partition coefficient (Wildman–Crippen LogP) is 7.13.